The van der Waals surface area contributed by atoms with Crippen LogP contribution in [0.1, 0.15) is 31.0 Å². The van der Waals surface area contributed by atoms with E-state index in [1.165, 1.54) is 6.07 Å². The first-order valence-electron chi connectivity index (χ1n) is 6.98. The predicted octanol–water partition coefficient (Wildman–Crippen LogP) is 4.34. The fourth-order valence-electron chi connectivity index (χ4n) is 2.04. The molecule has 0 unspecified atom stereocenters. The molecule has 0 heterocycles. The molecular weight excluding hydrogens is 269 g/mol. The minimum atomic E-state index is -0.325. The molecule has 0 saturated heterocycles. The van der Waals surface area contributed by atoms with Gasteiger partial charge >= 0.3 is 0 Å². The van der Waals surface area contributed by atoms with Crippen LogP contribution in [-0.4, -0.2) is 6.61 Å². The smallest absolute Gasteiger partial charge is 0.169 e. The molecule has 0 aliphatic rings. The third-order valence-corrected chi connectivity index (χ3v) is 3.15. The molecule has 0 radical (unpaired) electrons. The van der Waals surface area contributed by atoms with Gasteiger partial charge < -0.3 is 15.2 Å². The van der Waals surface area contributed by atoms with Crippen LogP contribution in [0.5, 0.6) is 17.2 Å². The zero-order chi connectivity index (χ0) is 15.4. The lowest BCUT2D eigenvalue weighted by atomic mass is 10.0. The van der Waals surface area contributed by atoms with Crippen molar-refractivity contribution >= 4 is 0 Å². The predicted molar refractivity (Wildman–Crippen MR) is 81.4 cm³/mol. The minimum absolute atomic E-state index is 0.284. The first-order chi connectivity index (χ1) is 10.0. The van der Waals surface area contributed by atoms with Crippen molar-refractivity contribution in [2.24, 2.45) is 5.73 Å². The molecule has 0 spiro atoms. The average Bonchev–Trinajstić information content (AvgIpc) is 2.44. The molecular formula is C17H20FNO2. The minimum Gasteiger partial charge on any atom is -0.490 e. The quantitative estimate of drug-likeness (QED) is 0.890. The maximum Gasteiger partial charge on any atom is 0.169 e. The van der Waals surface area contributed by atoms with Crippen LogP contribution in [0.4, 0.5) is 4.39 Å². The number of halogens is 1. The van der Waals surface area contributed by atoms with Crippen LogP contribution in [0.25, 0.3) is 0 Å². The van der Waals surface area contributed by atoms with Crippen molar-refractivity contribution in [2.45, 2.75) is 26.8 Å². The number of hydrogen-bond acceptors (Lipinski definition) is 3. The highest BCUT2D eigenvalue weighted by Gasteiger charge is 2.14. The first kappa shape index (κ1) is 15.3. The lowest BCUT2D eigenvalue weighted by Gasteiger charge is -2.17. The van der Waals surface area contributed by atoms with E-state index in [1.54, 1.807) is 19.9 Å². The third-order valence-electron chi connectivity index (χ3n) is 3.15. The second kappa shape index (κ2) is 6.59. The van der Waals surface area contributed by atoms with E-state index >= 15 is 0 Å². The highest BCUT2D eigenvalue weighted by atomic mass is 19.1. The number of benzene rings is 2. The zero-order valence-electron chi connectivity index (χ0n) is 12.5. The van der Waals surface area contributed by atoms with Crippen molar-refractivity contribution in [2.75, 3.05) is 6.61 Å². The van der Waals surface area contributed by atoms with Gasteiger partial charge in [-0.15, -0.1) is 0 Å². The fourth-order valence-corrected chi connectivity index (χ4v) is 2.04. The van der Waals surface area contributed by atoms with E-state index in [0.717, 1.165) is 0 Å². The Morgan fingerprint density at radius 1 is 1.14 bits per heavy atom. The molecule has 2 aromatic carbocycles. The second-order valence-electron chi connectivity index (χ2n) is 4.91. The summed E-state index contributed by atoms with van der Waals surface area (Å²) in [5, 5.41) is 0. The highest BCUT2D eigenvalue weighted by molar-refractivity contribution is 5.47. The molecule has 0 bridgehead atoms. The monoisotopic (exact) mass is 289 g/mol. The van der Waals surface area contributed by atoms with E-state index in [4.69, 9.17) is 15.2 Å². The van der Waals surface area contributed by atoms with E-state index in [-0.39, 0.29) is 11.9 Å². The number of para-hydroxylation sites is 2. The summed E-state index contributed by atoms with van der Waals surface area (Å²) in [6.07, 6.45) is 0. The lowest BCUT2D eigenvalue weighted by Crippen LogP contribution is -2.08. The maximum absolute atomic E-state index is 13.7. The number of aryl methyl sites for hydroxylation is 1. The van der Waals surface area contributed by atoms with E-state index in [9.17, 15) is 4.39 Å². The van der Waals surface area contributed by atoms with Gasteiger partial charge in [0.25, 0.3) is 0 Å². The van der Waals surface area contributed by atoms with Gasteiger partial charge in [0.2, 0.25) is 0 Å². The topological polar surface area (TPSA) is 44.5 Å². The summed E-state index contributed by atoms with van der Waals surface area (Å²) in [5.74, 6) is 1.51. The molecule has 112 valence electrons. The molecule has 4 heteroatoms. The molecule has 0 aliphatic heterocycles. The Hall–Kier alpha value is -2.07. The number of hydrogen-bond donors (Lipinski definition) is 1. The molecule has 2 aromatic rings. The fraction of sp³-hybridized carbons (Fsp3) is 0.294. The normalized spacial score (nSPS) is 12.0. The molecule has 0 aromatic heterocycles. The second-order valence-corrected chi connectivity index (χ2v) is 4.91. The molecule has 2 N–H and O–H groups in total. The van der Waals surface area contributed by atoms with Gasteiger partial charge in [-0.2, -0.15) is 0 Å². The zero-order valence-corrected chi connectivity index (χ0v) is 12.5. The number of rotatable bonds is 5. The summed E-state index contributed by atoms with van der Waals surface area (Å²) in [6, 6.07) is 10.2. The summed E-state index contributed by atoms with van der Waals surface area (Å²) >= 11 is 0. The molecule has 0 saturated carbocycles. The molecule has 1 atom stereocenters. The van der Waals surface area contributed by atoms with Crippen LogP contribution < -0.4 is 15.2 Å². The first-order valence-corrected chi connectivity index (χ1v) is 6.98. The van der Waals surface area contributed by atoms with Gasteiger partial charge in [0.05, 0.1) is 6.61 Å². The Labute approximate surface area is 124 Å². The number of nitrogens with two attached hydrogens (primary N) is 1. The largest absolute Gasteiger partial charge is 0.490 e. The Bertz CT molecular complexity index is 626. The van der Waals surface area contributed by atoms with E-state index in [1.807, 2.05) is 31.2 Å². The third kappa shape index (κ3) is 3.52. The van der Waals surface area contributed by atoms with Crippen LogP contribution in [0.2, 0.25) is 0 Å². The Morgan fingerprint density at radius 2 is 1.81 bits per heavy atom. The molecule has 2 rings (SSSR count). The summed E-state index contributed by atoms with van der Waals surface area (Å²) in [6.45, 7) is 5.95. The average molecular weight is 289 g/mol. The van der Waals surface area contributed by atoms with E-state index < -0.39 is 0 Å². The van der Waals surface area contributed by atoms with Crippen LogP contribution in [0.3, 0.4) is 0 Å². The SMILES string of the molecule is CCOc1ccccc1Oc1cc(C)c(F)cc1[C@H](C)N. The van der Waals surface area contributed by atoms with Crippen molar-refractivity contribution in [1.29, 1.82) is 0 Å². The van der Waals surface area contributed by atoms with Gasteiger partial charge in [-0.3, -0.25) is 0 Å². The van der Waals surface area contributed by atoms with Gasteiger partial charge in [-0.1, -0.05) is 12.1 Å². The lowest BCUT2D eigenvalue weighted by molar-refractivity contribution is 0.320. The van der Waals surface area contributed by atoms with Crippen LogP contribution in [0.15, 0.2) is 36.4 Å². The molecule has 3 nitrogen and oxygen atoms in total. The van der Waals surface area contributed by atoms with Crippen molar-refractivity contribution in [1.82, 2.24) is 0 Å². The van der Waals surface area contributed by atoms with E-state index in [0.29, 0.717) is 35.0 Å². The van der Waals surface area contributed by atoms with Crippen molar-refractivity contribution in [3.05, 3.63) is 53.3 Å². The Morgan fingerprint density at radius 3 is 2.43 bits per heavy atom. The van der Waals surface area contributed by atoms with Crippen LogP contribution >= 0.6 is 0 Å². The van der Waals surface area contributed by atoms with Crippen LogP contribution in [-0.2, 0) is 0 Å². The number of ether oxygens (including phenoxy) is 2. The van der Waals surface area contributed by atoms with Gasteiger partial charge in [-0.25, -0.2) is 4.39 Å². The summed E-state index contributed by atoms with van der Waals surface area (Å²) in [5.41, 5.74) is 7.05. The molecule has 0 aliphatic carbocycles. The van der Waals surface area contributed by atoms with Gasteiger partial charge in [0.15, 0.2) is 11.5 Å². The molecule has 0 fully saturated rings. The van der Waals surface area contributed by atoms with Crippen LogP contribution in [0, 0.1) is 12.7 Å². The van der Waals surface area contributed by atoms with Crippen molar-refractivity contribution in [3.8, 4) is 17.2 Å². The molecule has 21 heavy (non-hydrogen) atoms. The van der Waals surface area contributed by atoms with Gasteiger partial charge in [-0.05, 0) is 50.6 Å². The summed E-state index contributed by atoms with van der Waals surface area (Å²) in [4.78, 5) is 0. The van der Waals surface area contributed by atoms with Crippen molar-refractivity contribution < 1.29 is 13.9 Å². The van der Waals surface area contributed by atoms with Gasteiger partial charge in [0.1, 0.15) is 11.6 Å². The van der Waals surface area contributed by atoms with Crippen molar-refractivity contribution in [3.63, 3.8) is 0 Å². The summed E-state index contributed by atoms with van der Waals surface area (Å²) in [7, 11) is 0. The summed E-state index contributed by atoms with van der Waals surface area (Å²) < 4.78 is 25.2. The Kier molecular flexibility index (Phi) is 4.81. The standard InChI is InChI=1S/C17H20FNO2/c1-4-20-15-7-5-6-8-16(15)21-17-9-11(2)14(18)10-13(17)12(3)19/h5-10,12H,4,19H2,1-3H3/t12-/m0/s1. The highest BCUT2D eigenvalue weighted by Crippen LogP contribution is 2.35. The van der Waals surface area contributed by atoms with Gasteiger partial charge in [0, 0.05) is 11.6 Å². The molecule has 0 amide bonds. The maximum atomic E-state index is 13.7. The van der Waals surface area contributed by atoms with E-state index in [2.05, 4.69) is 0 Å². The Balaban J connectivity index is 2.41.